The number of aliphatic hydroxyl groups excluding tert-OH is 1. The quantitative estimate of drug-likeness (QED) is 0.0916. The summed E-state index contributed by atoms with van der Waals surface area (Å²) in [6, 6.07) is 20.2. The van der Waals surface area contributed by atoms with E-state index in [-0.39, 0.29) is 48.9 Å². The third kappa shape index (κ3) is 8.56. The third-order valence-corrected chi connectivity index (χ3v) is 8.37. The number of hydrogen-bond acceptors (Lipinski definition) is 5. The van der Waals surface area contributed by atoms with Crippen molar-refractivity contribution in [1.82, 2.24) is 9.97 Å². The van der Waals surface area contributed by atoms with E-state index in [2.05, 4.69) is 73.2 Å². The molecule has 6 heteroatoms. The van der Waals surface area contributed by atoms with Gasteiger partial charge in [-0.3, -0.25) is 14.8 Å². The molecule has 3 aromatic heterocycles. The molecule has 5 nitrogen and oxygen atoms in total. The van der Waals surface area contributed by atoms with E-state index in [1.54, 1.807) is 6.26 Å². The Morgan fingerprint density at radius 1 is 0.956 bits per heavy atom. The summed E-state index contributed by atoms with van der Waals surface area (Å²) in [6.07, 6.45) is 12.1. The van der Waals surface area contributed by atoms with Crippen molar-refractivity contribution in [2.24, 2.45) is 11.8 Å². The molecule has 5 aromatic rings. The first-order valence-electron chi connectivity index (χ1n) is 15.8. The molecular formula is C39H45IrN2O3-. The van der Waals surface area contributed by atoms with E-state index in [9.17, 15) is 9.90 Å². The van der Waals surface area contributed by atoms with Gasteiger partial charge in [-0.05, 0) is 48.8 Å². The number of aliphatic hydroxyl groups is 1. The summed E-state index contributed by atoms with van der Waals surface area (Å²) < 4.78 is 5.70. The first-order valence-corrected chi connectivity index (χ1v) is 15.8. The predicted molar refractivity (Wildman–Crippen MR) is 182 cm³/mol. The Bertz CT molecular complexity index is 1740. The van der Waals surface area contributed by atoms with Gasteiger partial charge < -0.3 is 9.52 Å². The van der Waals surface area contributed by atoms with Crippen molar-refractivity contribution < 1.29 is 34.4 Å². The van der Waals surface area contributed by atoms with Crippen molar-refractivity contribution in [3.63, 3.8) is 0 Å². The number of hydrogen-bond donors (Lipinski definition) is 1. The van der Waals surface area contributed by atoms with Crippen molar-refractivity contribution in [3.05, 3.63) is 96.8 Å². The minimum absolute atomic E-state index is 0. The summed E-state index contributed by atoms with van der Waals surface area (Å²) in [7, 11) is 0. The zero-order valence-corrected chi connectivity index (χ0v) is 29.9. The van der Waals surface area contributed by atoms with E-state index < -0.39 is 0 Å². The van der Waals surface area contributed by atoms with Gasteiger partial charge in [-0.15, -0.1) is 29.1 Å². The van der Waals surface area contributed by atoms with Crippen LogP contribution in [0.25, 0.3) is 44.1 Å². The van der Waals surface area contributed by atoms with Crippen LogP contribution in [0.1, 0.15) is 79.7 Å². The van der Waals surface area contributed by atoms with Crippen LogP contribution in [0.5, 0.6) is 0 Å². The van der Waals surface area contributed by atoms with Gasteiger partial charge in [0.25, 0.3) is 0 Å². The van der Waals surface area contributed by atoms with Crippen molar-refractivity contribution >= 4 is 27.5 Å². The summed E-state index contributed by atoms with van der Waals surface area (Å²) in [5.74, 6) is 0.547. The summed E-state index contributed by atoms with van der Waals surface area (Å²) in [5.41, 5.74) is 6.04. The average Bonchev–Trinajstić information content (AvgIpc) is 3.51. The molecule has 0 saturated carbocycles. The Labute approximate surface area is 281 Å². The number of furan rings is 1. The van der Waals surface area contributed by atoms with Crippen LogP contribution >= 0.6 is 0 Å². The second-order valence-corrected chi connectivity index (χ2v) is 12.3. The molecule has 239 valence electrons. The number of nitrogens with zero attached hydrogens (tertiary/aromatic N) is 2. The second-order valence-electron chi connectivity index (χ2n) is 12.3. The molecule has 0 amide bonds. The molecule has 0 unspecified atom stereocenters. The Balaban J connectivity index is 0.000000297. The largest absolute Gasteiger partial charge is 0.512 e. The molecular weight excluding hydrogens is 737 g/mol. The Morgan fingerprint density at radius 3 is 2.31 bits per heavy atom. The maximum Gasteiger partial charge on any atom is 0.162 e. The number of aromatic nitrogens is 2. The molecule has 0 spiro atoms. The SMILES string of the molecule is CC(C)(C)c1cc(-c2cc(-c3cncc4ccoc34)ccn2)[c-]c2ccccc12.CCC(CC)C(=O)/C=C(\O)C(CC)CC.[Ir]. The van der Waals surface area contributed by atoms with Gasteiger partial charge in [0.2, 0.25) is 0 Å². The summed E-state index contributed by atoms with van der Waals surface area (Å²) in [4.78, 5) is 20.7. The maximum absolute atomic E-state index is 11.7. The molecule has 5 rings (SSSR count). The molecule has 3 heterocycles. The number of allylic oxidation sites excluding steroid dienone is 2. The molecule has 1 N–H and O–H groups in total. The van der Waals surface area contributed by atoms with E-state index in [0.29, 0.717) is 0 Å². The van der Waals surface area contributed by atoms with E-state index in [1.165, 1.54) is 17.0 Å². The molecule has 1 radical (unpaired) electrons. The van der Waals surface area contributed by atoms with Crippen LogP contribution in [-0.4, -0.2) is 20.9 Å². The van der Waals surface area contributed by atoms with Crippen LogP contribution < -0.4 is 0 Å². The summed E-state index contributed by atoms with van der Waals surface area (Å²) >= 11 is 0. The number of carbonyl (C=O) groups excluding carboxylic acids is 1. The van der Waals surface area contributed by atoms with Crippen molar-refractivity contribution in [1.29, 1.82) is 0 Å². The third-order valence-electron chi connectivity index (χ3n) is 8.37. The van der Waals surface area contributed by atoms with Gasteiger partial charge in [0, 0.05) is 73.3 Å². The molecule has 0 bridgehead atoms. The van der Waals surface area contributed by atoms with E-state index >= 15 is 0 Å². The first kappa shape index (κ1) is 35.9. The molecule has 2 aromatic carbocycles. The number of rotatable bonds is 9. The van der Waals surface area contributed by atoms with E-state index in [1.807, 2.05) is 58.4 Å². The normalized spacial score (nSPS) is 11.9. The fraction of sp³-hybridized carbons (Fsp3) is 0.359. The summed E-state index contributed by atoms with van der Waals surface area (Å²) in [5, 5.41) is 13.1. The van der Waals surface area contributed by atoms with Crippen LogP contribution in [0, 0.1) is 17.9 Å². The minimum Gasteiger partial charge on any atom is -0.512 e. The number of pyridine rings is 2. The maximum atomic E-state index is 11.7. The molecule has 0 saturated heterocycles. The Kier molecular flexibility index (Phi) is 12.8. The monoisotopic (exact) mass is 782 g/mol. The molecule has 0 fully saturated rings. The zero-order valence-electron chi connectivity index (χ0n) is 27.5. The Morgan fingerprint density at radius 2 is 1.64 bits per heavy atom. The molecule has 0 atom stereocenters. The van der Waals surface area contributed by atoms with Gasteiger partial charge in [0.15, 0.2) is 5.78 Å². The molecule has 0 aliphatic rings. The molecule has 0 aliphatic heterocycles. The van der Waals surface area contributed by atoms with Gasteiger partial charge in [0.05, 0.1) is 12.0 Å². The van der Waals surface area contributed by atoms with Crippen molar-refractivity contribution in [2.75, 3.05) is 0 Å². The van der Waals surface area contributed by atoms with Crippen LogP contribution in [0.15, 0.2) is 89.6 Å². The summed E-state index contributed by atoms with van der Waals surface area (Å²) in [6.45, 7) is 14.8. The topological polar surface area (TPSA) is 76.2 Å². The van der Waals surface area contributed by atoms with E-state index in [4.69, 9.17) is 4.42 Å². The van der Waals surface area contributed by atoms with Gasteiger partial charge in [0.1, 0.15) is 5.58 Å². The Hall–Kier alpha value is -3.60. The minimum atomic E-state index is 0. The van der Waals surface area contributed by atoms with Crippen molar-refractivity contribution in [2.45, 2.75) is 79.6 Å². The fourth-order valence-electron chi connectivity index (χ4n) is 5.61. The van der Waals surface area contributed by atoms with Crippen LogP contribution in [0.2, 0.25) is 0 Å². The molecule has 45 heavy (non-hydrogen) atoms. The number of benzene rings is 2. The van der Waals surface area contributed by atoms with Gasteiger partial charge in [-0.2, -0.15) is 0 Å². The first-order chi connectivity index (χ1) is 21.1. The average molecular weight is 782 g/mol. The number of fused-ring (bicyclic) bond motifs is 2. The van der Waals surface area contributed by atoms with E-state index in [0.717, 1.165) is 64.4 Å². The predicted octanol–water partition coefficient (Wildman–Crippen LogP) is 10.7. The number of carbonyl (C=O) groups is 1. The number of ketones is 1. The fourth-order valence-corrected chi connectivity index (χ4v) is 5.61. The second kappa shape index (κ2) is 16.1. The van der Waals surface area contributed by atoms with Gasteiger partial charge in [-0.1, -0.05) is 83.7 Å². The van der Waals surface area contributed by atoms with Crippen LogP contribution in [0.4, 0.5) is 0 Å². The smallest absolute Gasteiger partial charge is 0.162 e. The van der Waals surface area contributed by atoms with Crippen molar-refractivity contribution in [3.8, 4) is 22.4 Å². The molecule has 0 aliphatic carbocycles. The van der Waals surface area contributed by atoms with Crippen LogP contribution in [0.3, 0.4) is 0 Å². The standard InChI is InChI=1S/C26H21N2O.C13H24O2.Ir/c1-26(2,3)23-13-20(12-17-6-4-5-7-21(17)23)24-14-18(8-10-28-24)22-16-27-15-19-9-11-29-25(19)22;1-5-10(6-2)12(14)9-13(15)11(7-3)8-4;/h4-11,13-16H,1-3H3;9-11,14H,5-8H2,1-4H3;/q-1;;/b;12-9-;. The van der Waals surface area contributed by atoms with Gasteiger partial charge in [-0.25, -0.2) is 0 Å². The van der Waals surface area contributed by atoms with Crippen LogP contribution in [-0.2, 0) is 30.3 Å². The van der Waals surface area contributed by atoms with Gasteiger partial charge >= 0.3 is 0 Å². The zero-order chi connectivity index (χ0) is 31.9.